The van der Waals surface area contributed by atoms with Gasteiger partial charge in [-0.25, -0.2) is 0 Å². The Morgan fingerprint density at radius 1 is 1.21 bits per heavy atom. The predicted molar refractivity (Wildman–Crippen MR) is 79.3 cm³/mol. The summed E-state index contributed by atoms with van der Waals surface area (Å²) in [4.78, 5) is 2.54. The highest BCUT2D eigenvalue weighted by molar-refractivity contribution is 5.14. The molecule has 1 aliphatic rings. The van der Waals surface area contributed by atoms with Gasteiger partial charge in [0.25, 0.3) is 0 Å². The minimum atomic E-state index is 0.165. The number of hydrogen-bond donors (Lipinski definition) is 2. The number of aliphatic hydroxyl groups excluding tert-OH is 1. The number of nitrogens with zero attached hydrogens (tertiary/aromatic N) is 1. The van der Waals surface area contributed by atoms with Crippen LogP contribution in [-0.2, 0) is 6.42 Å². The maximum atomic E-state index is 9.18. The van der Waals surface area contributed by atoms with Gasteiger partial charge in [0.15, 0.2) is 0 Å². The molecule has 1 fully saturated rings. The lowest BCUT2D eigenvalue weighted by Gasteiger charge is -2.41. The number of benzene rings is 1. The molecule has 0 amide bonds. The fraction of sp³-hybridized carbons (Fsp3) is 0.625. The second-order valence-electron chi connectivity index (χ2n) is 5.58. The molecular formula is C16H26N2O. The molecule has 106 valence electrons. The van der Waals surface area contributed by atoms with Gasteiger partial charge in [0.2, 0.25) is 0 Å². The zero-order valence-electron chi connectivity index (χ0n) is 11.9. The summed E-state index contributed by atoms with van der Waals surface area (Å²) in [6.07, 6.45) is 4.28. The van der Waals surface area contributed by atoms with Crippen LogP contribution in [0.3, 0.4) is 0 Å². The van der Waals surface area contributed by atoms with Crippen LogP contribution < -0.4 is 5.32 Å². The van der Waals surface area contributed by atoms with Gasteiger partial charge >= 0.3 is 0 Å². The van der Waals surface area contributed by atoms with Gasteiger partial charge in [-0.05, 0) is 51.4 Å². The fourth-order valence-electron chi connectivity index (χ4n) is 2.98. The SMILES string of the molecule is CNC1(CCO)CCN(CCc2ccccc2)CC1. The molecule has 1 aromatic rings. The van der Waals surface area contributed by atoms with E-state index in [1.807, 2.05) is 7.05 Å². The molecule has 19 heavy (non-hydrogen) atoms. The van der Waals surface area contributed by atoms with Crippen LogP contribution in [-0.4, -0.2) is 48.8 Å². The van der Waals surface area contributed by atoms with E-state index in [0.717, 1.165) is 45.3 Å². The highest BCUT2D eigenvalue weighted by atomic mass is 16.3. The summed E-state index contributed by atoms with van der Waals surface area (Å²) in [7, 11) is 2.02. The molecule has 3 heteroatoms. The average molecular weight is 262 g/mol. The van der Waals surface area contributed by atoms with Gasteiger partial charge in [-0.2, -0.15) is 0 Å². The van der Waals surface area contributed by atoms with Crippen LogP contribution in [0.1, 0.15) is 24.8 Å². The lowest BCUT2D eigenvalue weighted by atomic mass is 9.84. The minimum absolute atomic E-state index is 0.165. The summed E-state index contributed by atoms with van der Waals surface area (Å²) in [5.74, 6) is 0. The highest BCUT2D eigenvalue weighted by Crippen LogP contribution is 2.25. The quantitative estimate of drug-likeness (QED) is 0.818. The number of aliphatic hydroxyl groups is 1. The lowest BCUT2D eigenvalue weighted by Crippen LogP contribution is -2.52. The van der Waals surface area contributed by atoms with E-state index in [-0.39, 0.29) is 12.1 Å². The molecule has 0 unspecified atom stereocenters. The molecule has 0 aliphatic carbocycles. The van der Waals surface area contributed by atoms with Crippen LogP contribution in [0.25, 0.3) is 0 Å². The Kier molecular flexibility index (Phi) is 5.37. The van der Waals surface area contributed by atoms with Crippen molar-refractivity contribution in [3.63, 3.8) is 0 Å². The Labute approximate surface area is 116 Å². The third-order valence-corrected chi connectivity index (χ3v) is 4.49. The number of piperidine rings is 1. The fourth-order valence-corrected chi connectivity index (χ4v) is 2.98. The van der Waals surface area contributed by atoms with Gasteiger partial charge in [0, 0.05) is 18.7 Å². The second kappa shape index (κ2) is 7.04. The third-order valence-electron chi connectivity index (χ3n) is 4.49. The van der Waals surface area contributed by atoms with Crippen molar-refractivity contribution in [2.75, 3.05) is 33.3 Å². The van der Waals surface area contributed by atoms with Crippen LogP contribution >= 0.6 is 0 Å². The lowest BCUT2D eigenvalue weighted by molar-refractivity contribution is 0.115. The molecular weight excluding hydrogens is 236 g/mol. The van der Waals surface area contributed by atoms with Crippen LogP contribution in [0.5, 0.6) is 0 Å². The Balaban J connectivity index is 1.77. The van der Waals surface area contributed by atoms with Crippen molar-refractivity contribution in [3.05, 3.63) is 35.9 Å². The summed E-state index contributed by atoms with van der Waals surface area (Å²) in [6, 6.07) is 10.7. The van der Waals surface area contributed by atoms with Crippen LogP contribution in [0.15, 0.2) is 30.3 Å². The van der Waals surface area contributed by atoms with Gasteiger partial charge in [-0.1, -0.05) is 30.3 Å². The number of rotatable bonds is 6. The van der Waals surface area contributed by atoms with Crippen LogP contribution in [0, 0.1) is 0 Å². The number of likely N-dealkylation sites (tertiary alicyclic amines) is 1. The molecule has 1 heterocycles. The zero-order chi connectivity index (χ0) is 13.6. The van der Waals surface area contributed by atoms with E-state index in [1.165, 1.54) is 5.56 Å². The van der Waals surface area contributed by atoms with Crippen molar-refractivity contribution in [1.29, 1.82) is 0 Å². The number of hydrogen-bond acceptors (Lipinski definition) is 3. The van der Waals surface area contributed by atoms with E-state index >= 15 is 0 Å². The molecule has 0 radical (unpaired) electrons. The van der Waals surface area contributed by atoms with E-state index in [2.05, 4.69) is 40.5 Å². The minimum Gasteiger partial charge on any atom is -0.396 e. The van der Waals surface area contributed by atoms with Crippen molar-refractivity contribution in [3.8, 4) is 0 Å². The first kappa shape index (κ1) is 14.5. The molecule has 2 rings (SSSR count). The summed E-state index contributed by atoms with van der Waals surface area (Å²) in [5, 5.41) is 12.6. The van der Waals surface area contributed by atoms with E-state index < -0.39 is 0 Å². The van der Waals surface area contributed by atoms with E-state index in [1.54, 1.807) is 0 Å². The third kappa shape index (κ3) is 4.03. The van der Waals surface area contributed by atoms with Crippen molar-refractivity contribution in [1.82, 2.24) is 10.2 Å². The first-order valence-corrected chi connectivity index (χ1v) is 7.34. The maximum absolute atomic E-state index is 9.18. The molecule has 0 aromatic heterocycles. The first-order valence-electron chi connectivity index (χ1n) is 7.34. The van der Waals surface area contributed by atoms with Gasteiger partial charge in [-0.3, -0.25) is 0 Å². The Bertz CT molecular complexity index is 358. The number of nitrogens with one attached hydrogen (secondary N) is 1. The van der Waals surface area contributed by atoms with Gasteiger partial charge in [0.1, 0.15) is 0 Å². The standard InChI is InChI=1S/C16H26N2O/c1-17-16(10-14-19)8-12-18(13-9-16)11-7-15-5-3-2-4-6-15/h2-6,17,19H,7-14H2,1H3. The summed E-state index contributed by atoms with van der Waals surface area (Å²) >= 11 is 0. The topological polar surface area (TPSA) is 35.5 Å². The molecule has 0 atom stereocenters. The van der Waals surface area contributed by atoms with Crippen molar-refractivity contribution >= 4 is 0 Å². The van der Waals surface area contributed by atoms with Crippen molar-refractivity contribution in [2.24, 2.45) is 0 Å². The highest BCUT2D eigenvalue weighted by Gasteiger charge is 2.32. The molecule has 0 bridgehead atoms. The van der Waals surface area contributed by atoms with E-state index in [9.17, 15) is 5.11 Å². The van der Waals surface area contributed by atoms with Gasteiger partial charge < -0.3 is 15.3 Å². The van der Waals surface area contributed by atoms with Gasteiger partial charge in [-0.15, -0.1) is 0 Å². The molecule has 1 aliphatic heterocycles. The normalized spacial score (nSPS) is 19.5. The molecule has 1 saturated heterocycles. The molecule has 2 N–H and O–H groups in total. The smallest absolute Gasteiger partial charge is 0.0448 e. The Morgan fingerprint density at radius 2 is 1.89 bits per heavy atom. The molecule has 0 spiro atoms. The summed E-state index contributed by atoms with van der Waals surface area (Å²) in [6.45, 7) is 3.69. The van der Waals surface area contributed by atoms with Crippen LogP contribution in [0.2, 0.25) is 0 Å². The summed E-state index contributed by atoms with van der Waals surface area (Å²) in [5.41, 5.74) is 1.58. The van der Waals surface area contributed by atoms with Crippen LogP contribution in [0.4, 0.5) is 0 Å². The predicted octanol–water partition coefficient (Wildman–Crippen LogP) is 1.67. The molecule has 1 aromatic carbocycles. The first-order chi connectivity index (χ1) is 9.28. The van der Waals surface area contributed by atoms with Crippen molar-refractivity contribution < 1.29 is 5.11 Å². The van der Waals surface area contributed by atoms with E-state index in [0.29, 0.717) is 0 Å². The Morgan fingerprint density at radius 3 is 2.47 bits per heavy atom. The molecule has 3 nitrogen and oxygen atoms in total. The molecule has 0 saturated carbocycles. The summed E-state index contributed by atoms with van der Waals surface area (Å²) < 4.78 is 0. The zero-order valence-corrected chi connectivity index (χ0v) is 11.9. The van der Waals surface area contributed by atoms with E-state index in [4.69, 9.17) is 0 Å². The van der Waals surface area contributed by atoms with Gasteiger partial charge in [0.05, 0.1) is 0 Å². The monoisotopic (exact) mass is 262 g/mol. The Hall–Kier alpha value is -0.900. The average Bonchev–Trinajstić information content (AvgIpc) is 2.48. The second-order valence-corrected chi connectivity index (χ2v) is 5.58. The largest absolute Gasteiger partial charge is 0.396 e. The van der Waals surface area contributed by atoms with Crippen molar-refractivity contribution in [2.45, 2.75) is 31.2 Å². The maximum Gasteiger partial charge on any atom is 0.0448 e.